The van der Waals surface area contributed by atoms with Crippen molar-refractivity contribution in [1.29, 1.82) is 0 Å². The molecule has 1 N–H and O–H groups in total. The predicted octanol–water partition coefficient (Wildman–Crippen LogP) is 4.35. The summed E-state index contributed by atoms with van der Waals surface area (Å²) in [6.07, 6.45) is 1.61. The van der Waals surface area contributed by atoms with Gasteiger partial charge in [0.25, 0.3) is 5.91 Å². The van der Waals surface area contributed by atoms with Crippen LogP contribution in [0.1, 0.15) is 36.1 Å². The third-order valence-corrected chi connectivity index (χ3v) is 5.44. The van der Waals surface area contributed by atoms with Gasteiger partial charge in [-0.25, -0.2) is 14.1 Å². The summed E-state index contributed by atoms with van der Waals surface area (Å²) in [5, 5.41) is 19.1. The fraction of sp³-hybridized carbons (Fsp3) is 0.167. The molecule has 0 unspecified atom stereocenters. The van der Waals surface area contributed by atoms with Gasteiger partial charge < -0.3 is 5.32 Å². The lowest BCUT2D eigenvalue weighted by Crippen LogP contribution is -2.15. The first-order valence-electron chi connectivity index (χ1n) is 10.7. The van der Waals surface area contributed by atoms with E-state index in [0.29, 0.717) is 33.8 Å². The Kier molecular flexibility index (Phi) is 5.33. The molecule has 0 atom stereocenters. The molecule has 3 heterocycles. The number of halogens is 1. The molecule has 0 bridgehead atoms. The minimum Gasteiger partial charge on any atom is -0.319 e. The molecule has 0 saturated heterocycles. The van der Waals surface area contributed by atoms with Crippen LogP contribution in [0.4, 0.5) is 10.1 Å². The molecule has 170 valence electrons. The van der Waals surface area contributed by atoms with Crippen molar-refractivity contribution in [2.75, 3.05) is 5.32 Å². The van der Waals surface area contributed by atoms with E-state index in [1.807, 2.05) is 44.2 Å². The van der Waals surface area contributed by atoms with E-state index in [-0.39, 0.29) is 11.7 Å². The Bertz CT molecular complexity index is 1510. The van der Waals surface area contributed by atoms with Crippen LogP contribution >= 0.6 is 0 Å². The highest BCUT2D eigenvalue weighted by Gasteiger charge is 2.20. The van der Waals surface area contributed by atoms with Gasteiger partial charge in [0.15, 0.2) is 11.5 Å². The number of rotatable bonds is 5. The van der Waals surface area contributed by atoms with Crippen molar-refractivity contribution in [2.24, 2.45) is 0 Å². The van der Waals surface area contributed by atoms with Gasteiger partial charge in [0.1, 0.15) is 5.82 Å². The summed E-state index contributed by atoms with van der Waals surface area (Å²) in [6, 6.07) is 15.6. The van der Waals surface area contributed by atoms with Crippen LogP contribution in [0.15, 0.2) is 60.8 Å². The first kappa shape index (κ1) is 21.4. The Morgan fingerprint density at radius 1 is 1.09 bits per heavy atom. The molecule has 3 aromatic heterocycles. The smallest absolute Gasteiger partial charge is 0.256 e. The number of hydrogen-bond acceptors (Lipinski definition) is 6. The molecule has 1 amide bonds. The Balaban J connectivity index is 1.59. The highest BCUT2D eigenvalue weighted by Crippen LogP contribution is 2.28. The maximum atomic E-state index is 14.7. The second kappa shape index (κ2) is 8.47. The molecule has 5 aromatic rings. The van der Waals surface area contributed by atoms with Gasteiger partial charge in [0, 0.05) is 11.6 Å². The molecule has 34 heavy (non-hydrogen) atoms. The summed E-state index contributed by atoms with van der Waals surface area (Å²) in [4.78, 5) is 18.2. The van der Waals surface area contributed by atoms with E-state index >= 15 is 0 Å². The van der Waals surface area contributed by atoms with Gasteiger partial charge >= 0.3 is 0 Å². The largest absolute Gasteiger partial charge is 0.319 e. The van der Waals surface area contributed by atoms with Crippen molar-refractivity contribution in [3.8, 4) is 16.9 Å². The molecule has 0 aliphatic carbocycles. The first-order valence-corrected chi connectivity index (χ1v) is 10.7. The fourth-order valence-electron chi connectivity index (χ4n) is 3.74. The van der Waals surface area contributed by atoms with Gasteiger partial charge in [-0.3, -0.25) is 4.79 Å². The van der Waals surface area contributed by atoms with E-state index < -0.39 is 11.7 Å². The molecule has 0 spiro atoms. The number of aromatic nitrogens is 7. The van der Waals surface area contributed by atoms with Crippen molar-refractivity contribution in [2.45, 2.75) is 26.8 Å². The summed E-state index contributed by atoms with van der Waals surface area (Å²) in [5.74, 6) is -0.514. The van der Waals surface area contributed by atoms with Crippen molar-refractivity contribution in [3.63, 3.8) is 0 Å². The summed E-state index contributed by atoms with van der Waals surface area (Å²) in [6.45, 7) is 5.71. The van der Waals surface area contributed by atoms with E-state index in [0.717, 1.165) is 5.56 Å². The summed E-state index contributed by atoms with van der Waals surface area (Å²) >= 11 is 0. The predicted molar refractivity (Wildman–Crippen MR) is 125 cm³/mol. The van der Waals surface area contributed by atoms with E-state index in [4.69, 9.17) is 4.98 Å². The Morgan fingerprint density at radius 2 is 1.88 bits per heavy atom. The third-order valence-electron chi connectivity index (χ3n) is 5.44. The van der Waals surface area contributed by atoms with Crippen LogP contribution in [0.3, 0.4) is 0 Å². The standard InChI is InChI=1S/C24H21FN8O/c1-14(2)32-23-19(13-26-32)18(12-21(27-23)16-7-5-4-6-8-16)24(34)28-22-11-17(9-10-20(22)25)33-15(3)29-30-31-33/h4-14H,1-3H3,(H,28,34). The maximum absolute atomic E-state index is 14.7. The normalized spacial score (nSPS) is 11.3. The minimum absolute atomic E-state index is 0.0138. The number of anilines is 1. The van der Waals surface area contributed by atoms with E-state index in [2.05, 4.69) is 25.9 Å². The second-order valence-electron chi connectivity index (χ2n) is 8.10. The third kappa shape index (κ3) is 3.79. The number of tetrazole rings is 1. The van der Waals surface area contributed by atoms with E-state index in [9.17, 15) is 9.18 Å². The Morgan fingerprint density at radius 3 is 2.59 bits per heavy atom. The Hall–Kier alpha value is -4.47. The SMILES string of the molecule is Cc1nnnn1-c1ccc(F)c(NC(=O)c2cc(-c3ccccc3)nc3c2cnn3C(C)C)c1. The first-order chi connectivity index (χ1) is 16.4. The van der Waals surface area contributed by atoms with Crippen molar-refractivity contribution in [1.82, 2.24) is 35.0 Å². The maximum Gasteiger partial charge on any atom is 0.256 e. The molecule has 2 aromatic carbocycles. The monoisotopic (exact) mass is 456 g/mol. The van der Waals surface area contributed by atoms with E-state index in [1.165, 1.54) is 16.8 Å². The number of pyridine rings is 1. The highest BCUT2D eigenvalue weighted by atomic mass is 19.1. The zero-order valence-corrected chi connectivity index (χ0v) is 18.8. The van der Waals surface area contributed by atoms with Crippen molar-refractivity contribution in [3.05, 3.63) is 78.0 Å². The number of carbonyl (C=O) groups excluding carboxylic acids is 1. The summed E-state index contributed by atoms with van der Waals surface area (Å²) in [7, 11) is 0. The lowest BCUT2D eigenvalue weighted by atomic mass is 10.1. The molecule has 0 fully saturated rings. The lowest BCUT2D eigenvalue weighted by molar-refractivity contribution is 0.102. The number of hydrogen-bond donors (Lipinski definition) is 1. The van der Waals surface area contributed by atoms with Gasteiger partial charge in [-0.1, -0.05) is 30.3 Å². The molecular weight excluding hydrogens is 435 g/mol. The van der Waals surface area contributed by atoms with Crippen LogP contribution < -0.4 is 5.32 Å². The van der Waals surface area contributed by atoms with Gasteiger partial charge in [0.05, 0.1) is 34.2 Å². The molecule has 10 heteroatoms. The minimum atomic E-state index is -0.575. The number of nitrogens with zero attached hydrogens (tertiary/aromatic N) is 7. The van der Waals surface area contributed by atoms with Crippen LogP contribution in [0.5, 0.6) is 0 Å². The van der Waals surface area contributed by atoms with Gasteiger partial charge in [-0.05, 0) is 55.5 Å². The quantitative estimate of drug-likeness (QED) is 0.422. The van der Waals surface area contributed by atoms with E-state index in [1.54, 1.807) is 29.9 Å². The van der Waals surface area contributed by atoms with Crippen LogP contribution in [0.25, 0.3) is 28.0 Å². The number of benzene rings is 2. The average Bonchev–Trinajstić information content (AvgIpc) is 3.46. The van der Waals surface area contributed by atoms with Crippen LogP contribution in [0, 0.1) is 12.7 Å². The second-order valence-corrected chi connectivity index (χ2v) is 8.10. The van der Waals surface area contributed by atoms with Crippen LogP contribution in [-0.4, -0.2) is 40.9 Å². The zero-order chi connectivity index (χ0) is 23.8. The number of aryl methyl sites for hydroxylation is 1. The van der Waals surface area contributed by atoms with Crippen molar-refractivity contribution >= 4 is 22.6 Å². The Labute approximate surface area is 194 Å². The number of amides is 1. The summed E-state index contributed by atoms with van der Waals surface area (Å²) < 4.78 is 17.9. The molecule has 5 rings (SSSR count). The van der Waals surface area contributed by atoms with Crippen molar-refractivity contribution < 1.29 is 9.18 Å². The highest BCUT2D eigenvalue weighted by molar-refractivity contribution is 6.12. The molecule has 0 saturated carbocycles. The zero-order valence-electron chi connectivity index (χ0n) is 18.8. The number of nitrogens with one attached hydrogen (secondary N) is 1. The molecule has 0 aliphatic rings. The molecule has 0 aliphatic heterocycles. The van der Waals surface area contributed by atoms with Gasteiger partial charge in [-0.15, -0.1) is 5.10 Å². The van der Waals surface area contributed by atoms with Crippen LogP contribution in [0.2, 0.25) is 0 Å². The van der Waals surface area contributed by atoms with Crippen LogP contribution in [-0.2, 0) is 0 Å². The summed E-state index contributed by atoms with van der Waals surface area (Å²) in [5.41, 5.74) is 2.95. The van der Waals surface area contributed by atoms with Gasteiger partial charge in [-0.2, -0.15) is 9.78 Å². The lowest BCUT2D eigenvalue weighted by Gasteiger charge is -2.12. The molecular formula is C24H21FN8O. The van der Waals surface area contributed by atoms with Gasteiger partial charge in [0.2, 0.25) is 0 Å². The molecule has 9 nitrogen and oxygen atoms in total. The topological polar surface area (TPSA) is 103 Å². The number of fused-ring (bicyclic) bond motifs is 1. The molecule has 0 radical (unpaired) electrons. The average molecular weight is 456 g/mol. The fourth-order valence-corrected chi connectivity index (χ4v) is 3.74. The number of carbonyl (C=O) groups is 1.